The summed E-state index contributed by atoms with van der Waals surface area (Å²) in [5.41, 5.74) is 0. The SMILES string of the molecule is CCCCCCCCCCCCCCCCC(=O)OC[C@H](COP(=O)(O)OC[C@@H](O)COP(=O)(O)OC[C@@H](COC(=O)CCCCCCCCCCCC)OC(=O)CCCCCCCCCCC(C)CC)OC(=O)CCCCCCCCCCCCCCC(C)C. The second-order valence-electron chi connectivity index (χ2n) is 26.7. The van der Waals surface area contributed by atoms with E-state index >= 15 is 0 Å². The van der Waals surface area contributed by atoms with E-state index in [2.05, 4.69) is 41.5 Å². The average Bonchev–Trinajstić information content (AvgIpc) is 3.73. The summed E-state index contributed by atoms with van der Waals surface area (Å²) in [5, 5.41) is 10.6. The van der Waals surface area contributed by atoms with Crippen LogP contribution in [0, 0.1) is 11.8 Å². The van der Waals surface area contributed by atoms with Crippen LogP contribution in [0.5, 0.6) is 0 Å². The van der Waals surface area contributed by atoms with Crippen LogP contribution in [-0.2, 0) is 65.4 Å². The Morgan fingerprint density at radius 3 is 0.835 bits per heavy atom. The molecule has 3 unspecified atom stereocenters. The molecule has 0 fully saturated rings. The van der Waals surface area contributed by atoms with Crippen molar-refractivity contribution < 1.29 is 80.2 Å². The van der Waals surface area contributed by atoms with Crippen molar-refractivity contribution in [3.05, 3.63) is 0 Å². The first kappa shape index (κ1) is 89.1. The highest BCUT2D eigenvalue weighted by atomic mass is 31.2. The van der Waals surface area contributed by atoms with Gasteiger partial charge in [0.15, 0.2) is 12.2 Å². The molecule has 0 bridgehead atoms. The molecule has 91 heavy (non-hydrogen) atoms. The van der Waals surface area contributed by atoms with Gasteiger partial charge in [0.25, 0.3) is 0 Å². The predicted octanol–water partition coefficient (Wildman–Crippen LogP) is 20.8. The van der Waals surface area contributed by atoms with Crippen LogP contribution < -0.4 is 0 Å². The number of aliphatic hydroxyl groups is 1. The minimum absolute atomic E-state index is 0.105. The van der Waals surface area contributed by atoms with E-state index in [1.807, 2.05) is 0 Å². The summed E-state index contributed by atoms with van der Waals surface area (Å²) in [7, 11) is -9.90. The Morgan fingerprint density at radius 2 is 0.560 bits per heavy atom. The molecule has 0 aromatic heterocycles. The van der Waals surface area contributed by atoms with Gasteiger partial charge in [0.1, 0.15) is 19.3 Å². The van der Waals surface area contributed by atoms with Crippen LogP contribution in [0.4, 0.5) is 0 Å². The normalized spacial score (nSPS) is 14.4. The molecule has 0 aromatic carbocycles. The van der Waals surface area contributed by atoms with Crippen LogP contribution in [-0.4, -0.2) is 96.7 Å². The van der Waals surface area contributed by atoms with E-state index in [0.29, 0.717) is 25.7 Å². The molecule has 0 heterocycles. The van der Waals surface area contributed by atoms with Gasteiger partial charge in [-0.05, 0) is 37.5 Å². The fourth-order valence-corrected chi connectivity index (χ4v) is 12.5. The van der Waals surface area contributed by atoms with E-state index < -0.39 is 97.5 Å². The molecule has 0 spiro atoms. The van der Waals surface area contributed by atoms with E-state index in [1.165, 1.54) is 186 Å². The average molecular weight is 1340 g/mol. The maximum absolute atomic E-state index is 13.0. The van der Waals surface area contributed by atoms with Gasteiger partial charge >= 0.3 is 39.5 Å². The van der Waals surface area contributed by atoms with E-state index in [9.17, 15) is 43.2 Å². The minimum Gasteiger partial charge on any atom is -0.462 e. The molecular weight excluding hydrogens is 1200 g/mol. The van der Waals surface area contributed by atoms with E-state index in [-0.39, 0.29) is 25.7 Å². The molecule has 0 aromatic rings. The quantitative estimate of drug-likeness (QED) is 0.0222. The van der Waals surface area contributed by atoms with Crippen molar-refractivity contribution in [2.45, 2.75) is 387 Å². The van der Waals surface area contributed by atoms with Gasteiger partial charge in [0, 0.05) is 25.7 Å². The number of carbonyl (C=O) groups is 4. The van der Waals surface area contributed by atoms with Crippen LogP contribution in [0.25, 0.3) is 0 Å². The molecule has 0 saturated heterocycles. The van der Waals surface area contributed by atoms with Crippen molar-refractivity contribution in [2.24, 2.45) is 11.8 Å². The first-order valence-electron chi connectivity index (χ1n) is 37.5. The third kappa shape index (κ3) is 65.1. The Labute approximate surface area is 556 Å². The number of rotatable bonds is 71. The Bertz CT molecular complexity index is 1770. The number of phosphoric ester groups is 2. The zero-order chi connectivity index (χ0) is 67.2. The third-order valence-corrected chi connectivity index (χ3v) is 19.0. The highest BCUT2D eigenvalue weighted by molar-refractivity contribution is 7.47. The van der Waals surface area contributed by atoms with Crippen LogP contribution >= 0.6 is 15.6 Å². The van der Waals surface area contributed by atoms with Crippen molar-refractivity contribution in [2.75, 3.05) is 39.6 Å². The number of esters is 4. The number of unbranched alkanes of at least 4 members (excludes halogenated alkanes) is 40. The topological polar surface area (TPSA) is 237 Å². The van der Waals surface area contributed by atoms with E-state index in [4.69, 9.17) is 37.0 Å². The Kier molecular flexibility index (Phi) is 62.7. The summed E-state index contributed by atoms with van der Waals surface area (Å²) in [4.78, 5) is 72.6. The zero-order valence-electron chi connectivity index (χ0n) is 59.1. The first-order chi connectivity index (χ1) is 43.9. The summed E-state index contributed by atoms with van der Waals surface area (Å²) in [6.07, 6.45) is 49.8. The molecular formula is C72H140O17P2. The van der Waals surface area contributed by atoms with Crippen molar-refractivity contribution in [1.29, 1.82) is 0 Å². The highest BCUT2D eigenvalue weighted by Crippen LogP contribution is 2.45. The lowest BCUT2D eigenvalue weighted by molar-refractivity contribution is -0.161. The van der Waals surface area contributed by atoms with Crippen molar-refractivity contribution in [3.63, 3.8) is 0 Å². The molecule has 0 aliphatic rings. The maximum Gasteiger partial charge on any atom is 0.472 e. The molecule has 0 saturated carbocycles. The van der Waals surface area contributed by atoms with Crippen LogP contribution in [0.15, 0.2) is 0 Å². The second kappa shape index (κ2) is 64.1. The fraction of sp³-hybridized carbons (Fsp3) is 0.944. The molecule has 0 aliphatic carbocycles. The van der Waals surface area contributed by atoms with Gasteiger partial charge in [-0.3, -0.25) is 37.3 Å². The molecule has 0 rings (SSSR count). The second-order valence-corrected chi connectivity index (χ2v) is 29.6. The van der Waals surface area contributed by atoms with Crippen LogP contribution in [0.2, 0.25) is 0 Å². The van der Waals surface area contributed by atoms with Gasteiger partial charge in [-0.15, -0.1) is 0 Å². The Hall–Kier alpha value is -1.94. The Morgan fingerprint density at radius 1 is 0.319 bits per heavy atom. The number of phosphoric acid groups is 2. The largest absolute Gasteiger partial charge is 0.472 e. The first-order valence-corrected chi connectivity index (χ1v) is 40.5. The molecule has 540 valence electrons. The molecule has 19 heteroatoms. The van der Waals surface area contributed by atoms with Crippen LogP contribution in [0.3, 0.4) is 0 Å². The summed E-state index contributed by atoms with van der Waals surface area (Å²) in [5.74, 6) is -0.575. The lowest BCUT2D eigenvalue weighted by atomic mass is 9.99. The fourth-order valence-electron chi connectivity index (χ4n) is 10.9. The molecule has 17 nitrogen and oxygen atoms in total. The Balaban J connectivity index is 5.26. The number of ether oxygens (including phenoxy) is 4. The minimum atomic E-state index is -4.95. The lowest BCUT2D eigenvalue weighted by Crippen LogP contribution is -2.30. The van der Waals surface area contributed by atoms with Crippen molar-refractivity contribution in [1.82, 2.24) is 0 Å². The van der Waals surface area contributed by atoms with Crippen molar-refractivity contribution >= 4 is 39.5 Å². The number of hydrogen-bond donors (Lipinski definition) is 3. The molecule has 0 amide bonds. The predicted molar refractivity (Wildman–Crippen MR) is 368 cm³/mol. The van der Waals surface area contributed by atoms with Crippen molar-refractivity contribution in [3.8, 4) is 0 Å². The molecule has 0 aliphatic heterocycles. The molecule has 6 atom stereocenters. The van der Waals surface area contributed by atoms with Gasteiger partial charge in [-0.2, -0.15) is 0 Å². The standard InChI is InChI=1S/C72H140O17P2/c1-7-10-12-14-16-18-20-21-22-26-30-37-43-49-55-70(75)83-60-67(88-71(76)56-50-44-38-31-27-24-23-25-28-34-40-46-52-64(4)5)62-86-90(78,79)84-58-66(73)59-85-91(80,81)87-63-68(61-82-69(74)54-48-42-36-29-19-17-15-13-11-8-2)89-72(77)57-51-45-39-33-32-35-41-47-53-65(6)9-3/h64-68,73H,7-63H2,1-6H3,(H,78,79)(H,80,81)/t65?,66-,67-,68-/m1/s1. The molecule has 3 N–H and O–H groups in total. The van der Waals surface area contributed by atoms with Gasteiger partial charge in [0.2, 0.25) is 0 Å². The smallest absolute Gasteiger partial charge is 0.462 e. The molecule has 0 radical (unpaired) electrons. The van der Waals surface area contributed by atoms with Crippen LogP contribution in [0.1, 0.15) is 369 Å². The summed E-state index contributed by atoms with van der Waals surface area (Å²) in [6, 6.07) is 0. The monoisotopic (exact) mass is 1340 g/mol. The van der Waals surface area contributed by atoms with Gasteiger partial charge in [-0.25, -0.2) is 9.13 Å². The summed E-state index contributed by atoms with van der Waals surface area (Å²) >= 11 is 0. The number of aliphatic hydroxyl groups excluding tert-OH is 1. The zero-order valence-corrected chi connectivity index (χ0v) is 60.9. The van der Waals surface area contributed by atoms with E-state index in [0.717, 1.165) is 102 Å². The summed E-state index contributed by atoms with van der Waals surface area (Å²) < 4.78 is 68.4. The third-order valence-electron chi connectivity index (χ3n) is 17.1. The highest BCUT2D eigenvalue weighted by Gasteiger charge is 2.30. The number of carbonyl (C=O) groups excluding carboxylic acids is 4. The maximum atomic E-state index is 13.0. The number of hydrogen-bond acceptors (Lipinski definition) is 15. The van der Waals surface area contributed by atoms with Gasteiger partial charge in [0.05, 0.1) is 26.4 Å². The van der Waals surface area contributed by atoms with Gasteiger partial charge < -0.3 is 33.8 Å². The lowest BCUT2D eigenvalue weighted by Gasteiger charge is -2.21. The van der Waals surface area contributed by atoms with Gasteiger partial charge in [-0.1, -0.05) is 318 Å². The summed E-state index contributed by atoms with van der Waals surface area (Å²) in [6.45, 7) is 9.57. The van der Waals surface area contributed by atoms with E-state index in [1.54, 1.807) is 0 Å².